The van der Waals surface area contributed by atoms with Gasteiger partial charge in [0.25, 0.3) is 0 Å². The van der Waals surface area contributed by atoms with Gasteiger partial charge in [-0.15, -0.1) is 0 Å². The number of hydrogen-bond acceptors (Lipinski definition) is 5. The molecule has 0 aromatic heterocycles. The van der Waals surface area contributed by atoms with Gasteiger partial charge in [-0.2, -0.15) is 0 Å². The van der Waals surface area contributed by atoms with E-state index in [0.717, 1.165) is 23.0 Å². The quantitative estimate of drug-likeness (QED) is 0.542. The van der Waals surface area contributed by atoms with Crippen molar-refractivity contribution in [1.82, 2.24) is 5.32 Å². The van der Waals surface area contributed by atoms with Crippen molar-refractivity contribution < 1.29 is 19.0 Å². The number of carbonyl (C=O) groups is 1. The van der Waals surface area contributed by atoms with Gasteiger partial charge in [0, 0.05) is 13.0 Å². The Hall–Kier alpha value is -1.27. The third-order valence-corrected chi connectivity index (χ3v) is 3.45. The highest BCUT2D eigenvalue weighted by Crippen LogP contribution is 2.36. The highest BCUT2D eigenvalue weighted by atomic mass is 79.9. The van der Waals surface area contributed by atoms with Crippen LogP contribution in [0.15, 0.2) is 16.6 Å². The maximum Gasteiger partial charge on any atom is 0.305 e. The minimum absolute atomic E-state index is 0.145. The SMILES string of the molecule is CCOC(=O)CCCNCc1cc(Br)c(OC)c(OC)c1. The number of benzene rings is 1. The molecular formula is C15H22BrNO4. The van der Waals surface area contributed by atoms with E-state index in [4.69, 9.17) is 14.2 Å². The van der Waals surface area contributed by atoms with Crippen LogP contribution in [0, 0.1) is 0 Å². The summed E-state index contributed by atoms with van der Waals surface area (Å²) in [5, 5.41) is 3.29. The summed E-state index contributed by atoms with van der Waals surface area (Å²) in [6, 6.07) is 3.92. The van der Waals surface area contributed by atoms with Gasteiger partial charge in [-0.25, -0.2) is 0 Å². The van der Waals surface area contributed by atoms with Crippen molar-refractivity contribution in [2.45, 2.75) is 26.3 Å². The third kappa shape index (κ3) is 5.93. The number of hydrogen-bond donors (Lipinski definition) is 1. The molecule has 0 amide bonds. The van der Waals surface area contributed by atoms with Gasteiger partial charge in [-0.05, 0) is 53.5 Å². The van der Waals surface area contributed by atoms with Crippen LogP contribution in [0.3, 0.4) is 0 Å². The van der Waals surface area contributed by atoms with Gasteiger partial charge in [0.15, 0.2) is 11.5 Å². The second-order valence-electron chi connectivity index (χ2n) is 4.40. The highest BCUT2D eigenvalue weighted by Gasteiger charge is 2.10. The zero-order chi connectivity index (χ0) is 15.7. The molecule has 6 heteroatoms. The second-order valence-corrected chi connectivity index (χ2v) is 5.25. The van der Waals surface area contributed by atoms with E-state index in [-0.39, 0.29) is 5.97 Å². The third-order valence-electron chi connectivity index (χ3n) is 2.86. The van der Waals surface area contributed by atoms with Gasteiger partial charge in [0.1, 0.15) is 0 Å². The minimum Gasteiger partial charge on any atom is -0.493 e. The van der Waals surface area contributed by atoms with Crippen molar-refractivity contribution in [2.24, 2.45) is 0 Å². The molecule has 0 aliphatic carbocycles. The van der Waals surface area contributed by atoms with Crippen LogP contribution >= 0.6 is 15.9 Å². The van der Waals surface area contributed by atoms with Crippen LogP contribution in [-0.4, -0.2) is 33.3 Å². The average Bonchev–Trinajstić information content (AvgIpc) is 2.46. The van der Waals surface area contributed by atoms with Crippen molar-refractivity contribution in [2.75, 3.05) is 27.4 Å². The number of methoxy groups -OCH3 is 2. The molecule has 0 spiro atoms. The molecule has 0 saturated carbocycles. The summed E-state index contributed by atoms with van der Waals surface area (Å²) in [5.74, 6) is 1.23. The molecule has 21 heavy (non-hydrogen) atoms. The van der Waals surface area contributed by atoms with Crippen LogP contribution < -0.4 is 14.8 Å². The number of rotatable bonds is 9. The fourth-order valence-electron chi connectivity index (χ4n) is 1.90. The first-order chi connectivity index (χ1) is 10.1. The summed E-state index contributed by atoms with van der Waals surface area (Å²) in [6.45, 7) is 3.70. The van der Waals surface area contributed by atoms with E-state index in [1.165, 1.54) is 0 Å². The van der Waals surface area contributed by atoms with Gasteiger partial charge in [-0.3, -0.25) is 4.79 Å². The van der Waals surface area contributed by atoms with E-state index in [1.54, 1.807) is 14.2 Å². The summed E-state index contributed by atoms with van der Waals surface area (Å²) in [6.07, 6.45) is 1.20. The van der Waals surface area contributed by atoms with E-state index in [2.05, 4.69) is 21.2 Å². The van der Waals surface area contributed by atoms with E-state index < -0.39 is 0 Å². The lowest BCUT2D eigenvalue weighted by atomic mass is 10.2. The zero-order valence-corrected chi connectivity index (χ0v) is 14.3. The Labute approximate surface area is 134 Å². The maximum atomic E-state index is 11.2. The fourth-order valence-corrected chi connectivity index (χ4v) is 2.55. The van der Waals surface area contributed by atoms with Crippen molar-refractivity contribution >= 4 is 21.9 Å². The fraction of sp³-hybridized carbons (Fsp3) is 0.533. The van der Waals surface area contributed by atoms with Crippen molar-refractivity contribution in [3.8, 4) is 11.5 Å². The Morgan fingerprint density at radius 2 is 2.05 bits per heavy atom. The van der Waals surface area contributed by atoms with Gasteiger partial charge >= 0.3 is 5.97 Å². The van der Waals surface area contributed by atoms with Crippen LogP contribution in [-0.2, 0) is 16.1 Å². The molecule has 118 valence electrons. The first-order valence-electron chi connectivity index (χ1n) is 6.89. The molecule has 0 atom stereocenters. The lowest BCUT2D eigenvalue weighted by molar-refractivity contribution is -0.143. The van der Waals surface area contributed by atoms with E-state index >= 15 is 0 Å². The van der Waals surface area contributed by atoms with Crippen LogP contribution in [0.4, 0.5) is 0 Å². The van der Waals surface area contributed by atoms with Crippen molar-refractivity contribution in [3.63, 3.8) is 0 Å². The lowest BCUT2D eigenvalue weighted by Gasteiger charge is -2.12. The largest absolute Gasteiger partial charge is 0.493 e. The molecule has 0 heterocycles. The van der Waals surface area contributed by atoms with Crippen LogP contribution in [0.5, 0.6) is 11.5 Å². The molecule has 1 aromatic rings. The van der Waals surface area contributed by atoms with Gasteiger partial charge in [-0.1, -0.05) is 0 Å². The molecule has 1 N–H and O–H groups in total. The standard InChI is InChI=1S/C15H22BrNO4/c1-4-21-14(18)6-5-7-17-10-11-8-12(16)15(20-3)13(9-11)19-2/h8-9,17H,4-7,10H2,1-3H3. The summed E-state index contributed by atoms with van der Waals surface area (Å²) >= 11 is 3.46. The summed E-state index contributed by atoms with van der Waals surface area (Å²) in [5.41, 5.74) is 1.08. The van der Waals surface area contributed by atoms with Crippen molar-refractivity contribution in [3.05, 3.63) is 22.2 Å². The Morgan fingerprint density at radius 3 is 2.67 bits per heavy atom. The average molecular weight is 360 g/mol. The molecule has 0 aliphatic heterocycles. The predicted molar refractivity (Wildman–Crippen MR) is 84.8 cm³/mol. The Balaban J connectivity index is 2.42. The number of esters is 1. The Bertz CT molecular complexity index is 465. The number of halogens is 1. The first kappa shape index (κ1) is 17.8. The molecular weight excluding hydrogens is 338 g/mol. The second kappa shape index (κ2) is 9.63. The van der Waals surface area contributed by atoms with Gasteiger partial charge in [0.05, 0.1) is 25.3 Å². The number of carbonyl (C=O) groups excluding carboxylic acids is 1. The van der Waals surface area contributed by atoms with Gasteiger partial charge in [0.2, 0.25) is 0 Å². The molecule has 0 unspecified atom stereocenters. The van der Waals surface area contributed by atoms with Gasteiger partial charge < -0.3 is 19.5 Å². The number of nitrogens with one attached hydrogen (secondary N) is 1. The molecule has 1 rings (SSSR count). The predicted octanol–water partition coefficient (Wildman–Crippen LogP) is 2.90. The van der Waals surface area contributed by atoms with E-state index in [0.29, 0.717) is 31.1 Å². The molecule has 1 aromatic carbocycles. The van der Waals surface area contributed by atoms with E-state index in [1.807, 2.05) is 19.1 Å². The smallest absolute Gasteiger partial charge is 0.305 e. The zero-order valence-electron chi connectivity index (χ0n) is 12.7. The highest BCUT2D eigenvalue weighted by molar-refractivity contribution is 9.10. The normalized spacial score (nSPS) is 10.3. The summed E-state index contributed by atoms with van der Waals surface area (Å²) in [4.78, 5) is 11.2. The molecule has 0 aliphatic rings. The molecule has 0 radical (unpaired) electrons. The minimum atomic E-state index is -0.145. The molecule has 0 fully saturated rings. The maximum absolute atomic E-state index is 11.2. The molecule has 5 nitrogen and oxygen atoms in total. The molecule has 0 saturated heterocycles. The lowest BCUT2D eigenvalue weighted by Crippen LogP contribution is -2.16. The monoisotopic (exact) mass is 359 g/mol. The van der Waals surface area contributed by atoms with Crippen LogP contribution in [0.1, 0.15) is 25.3 Å². The first-order valence-corrected chi connectivity index (χ1v) is 7.68. The Kier molecular flexibility index (Phi) is 8.15. The Morgan fingerprint density at radius 1 is 1.29 bits per heavy atom. The van der Waals surface area contributed by atoms with E-state index in [9.17, 15) is 4.79 Å². The van der Waals surface area contributed by atoms with Crippen LogP contribution in [0.2, 0.25) is 0 Å². The molecule has 0 bridgehead atoms. The van der Waals surface area contributed by atoms with Crippen LogP contribution in [0.25, 0.3) is 0 Å². The number of ether oxygens (including phenoxy) is 3. The van der Waals surface area contributed by atoms with Crippen molar-refractivity contribution in [1.29, 1.82) is 0 Å². The summed E-state index contributed by atoms with van der Waals surface area (Å²) < 4.78 is 16.3. The summed E-state index contributed by atoms with van der Waals surface area (Å²) in [7, 11) is 3.22. The topological polar surface area (TPSA) is 56.8 Å².